The van der Waals surface area contributed by atoms with Gasteiger partial charge in [0.1, 0.15) is 11.3 Å². The van der Waals surface area contributed by atoms with Crippen LogP contribution >= 0.6 is 0 Å². The van der Waals surface area contributed by atoms with E-state index in [2.05, 4.69) is 5.43 Å². The maximum atomic E-state index is 13.0. The highest BCUT2D eigenvalue weighted by Gasteiger charge is 2.33. The number of nitrogens with one attached hydrogen (secondary N) is 1. The molecule has 0 saturated heterocycles. The highest BCUT2D eigenvalue weighted by molar-refractivity contribution is 6.02. The predicted molar refractivity (Wildman–Crippen MR) is 99.5 cm³/mol. The number of hydrazine groups is 1. The monoisotopic (exact) mass is 371 g/mol. The Bertz CT molecular complexity index is 874. The molecule has 0 aliphatic rings. The zero-order valence-electron chi connectivity index (χ0n) is 15.6. The van der Waals surface area contributed by atoms with E-state index in [1.54, 1.807) is 45.0 Å². The van der Waals surface area contributed by atoms with Gasteiger partial charge >= 0.3 is 0 Å². The smallest absolute Gasteiger partial charge is 0.282 e. The summed E-state index contributed by atoms with van der Waals surface area (Å²) in [6.45, 7) is 5.13. The minimum absolute atomic E-state index is 0.113. The first-order chi connectivity index (χ1) is 12.7. The first-order valence-electron chi connectivity index (χ1n) is 8.18. The quantitative estimate of drug-likeness (QED) is 0.657. The van der Waals surface area contributed by atoms with Crippen molar-refractivity contribution in [2.24, 2.45) is 0 Å². The van der Waals surface area contributed by atoms with E-state index in [1.165, 1.54) is 31.4 Å². The Morgan fingerprint density at radius 3 is 2.15 bits per heavy atom. The van der Waals surface area contributed by atoms with Crippen LogP contribution in [0.2, 0.25) is 0 Å². The van der Waals surface area contributed by atoms with E-state index >= 15 is 0 Å². The van der Waals surface area contributed by atoms with Crippen LogP contribution in [0.15, 0.2) is 48.5 Å². The summed E-state index contributed by atoms with van der Waals surface area (Å²) in [5, 5.41) is 12.3. The van der Waals surface area contributed by atoms with Gasteiger partial charge in [0, 0.05) is 6.07 Å². The molecule has 0 atom stereocenters. The molecule has 0 aliphatic heterocycles. The van der Waals surface area contributed by atoms with Gasteiger partial charge in [-0.25, -0.2) is 5.01 Å². The zero-order valence-corrected chi connectivity index (χ0v) is 15.6. The second-order valence-corrected chi connectivity index (χ2v) is 6.73. The largest absolute Gasteiger partial charge is 0.496 e. The van der Waals surface area contributed by atoms with E-state index in [1.807, 2.05) is 0 Å². The number of amides is 2. The molecule has 0 aromatic heterocycles. The van der Waals surface area contributed by atoms with Crippen LogP contribution in [0.5, 0.6) is 5.75 Å². The van der Waals surface area contributed by atoms with Crippen LogP contribution in [0.3, 0.4) is 0 Å². The SMILES string of the molecule is COc1ccccc1C(=O)NN(C(=O)c1ccccc1[N+](=O)[O-])C(C)(C)C. The first kappa shape index (κ1) is 19.9. The number of rotatable bonds is 4. The Morgan fingerprint density at radius 2 is 1.59 bits per heavy atom. The molecule has 0 radical (unpaired) electrons. The van der Waals surface area contributed by atoms with E-state index in [4.69, 9.17) is 4.74 Å². The zero-order chi connectivity index (χ0) is 20.2. The van der Waals surface area contributed by atoms with Crippen LogP contribution < -0.4 is 10.2 Å². The number of ether oxygens (including phenoxy) is 1. The Kier molecular flexibility index (Phi) is 5.79. The summed E-state index contributed by atoms with van der Waals surface area (Å²) in [7, 11) is 1.44. The van der Waals surface area contributed by atoms with Crippen LogP contribution in [0.1, 0.15) is 41.5 Å². The molecule has 0 fully saturated rings. The topological polar surface area (TPSA) is 102 Å². The second-order valence-electron chi connectivity index (χ2n) is 6.73. The van der Waals surface area contributed by atoms with Gasteiger partial charge in [-0.05, 0) is 39.0 Å². The maximum absolute atomic E-state index is 13.0. The van der Waals surface area contributed by atoms with Gasteiger partial charge in [-0.3, -0.25) is 25.1 Å². The number of nitro groups is 1. The van der Waals surface area contributed by atoms with E-state index < -0.39 is 22.3 Å². The van der Waals surface area contributed by atoms with Crippen molar-refractivity contribution >= 4 is 17.5 Å². The lowest BCUT2D eigenvalue weighted by Gasteiger charge is -2.35. The molecule has 8 nitrogen and oxygen atoms in total. The molecule has 0 saturated carbocycles. The van der Waals surface area contributed by atoms with Crippen LogP contribution in [0, 0.1) is 10.1 Å². The molecule has 0 bridgehead atoms. The van der Waals surface area contributed by atoms with Crippen LogP contribution in [0.4, 0.5) is 5.69 Å². The van der Waals surface area contributed by atoms with Crippen molar-refractivity contribution in [3.8, 4) is 5.75 Å². The molecule has 2 amide bonds. The van der Waals surface area contributed by atoms with Crippen molar-refractivity contribution in [2.45, 2.75) is 26.3 Å². The molecule has 142 valence electrons. The number of carbonyl (C=O) groups is 2. The van der Waals surface area contributed by atoms with Gasteiger partial charge in [0.15, 0.2) is 0 Å². The number of hydrogen-bond donors (Lipinski definition) is 1. The average Bonchev–Trinajstić information content (AvgIpc) is 2.64. The van der Waals surface area contributed by atoms with Crippen molar-refractivity contribution in [1.29, 1.82) is 0 Å². The summed E-state index contributed by atoms with van der Waals surface area (Å²) in [6, 6.07) is 12.2. The molecule has 1 N–H and O–H groups in total. The second kappa shape index (κ2) is 7.86. The van der Waals surface area contributed by atoms with Crippen molar-refractivity contribution in [3.63, 3.8) is 0 Å². The van der Waals surface area contributed by atoms with Gasteiger partial charge in [0.05, 0.1) is 23.1 Å². The Hall–Kier alpha value is -3.42. The number of carbonyl (C=O) groups excluding carboxylic acids is 2. The van der Waals surface area contributed by atoms with E-state index in [9.17, 15) is 19.7 Å². The highest BCUT2D eigenvalue weighted by atomic mass is 16.6. The fraction of sp³-hybridized carbons (Fsp3) is 0.263. The minimum Gasteiger partial charge on any atom is -0.496 e. The van der Waals surface area contributed by atoms with Crippen LogP contribution in [-0.4, -0.2) is 34.4 Å². The number of benzene rings is 2. The number of hydrogen-bond acceptors (Lipinski definition) is 5. The molecule has 27 heavy (non-hydrogen) atoms. The Balaban J connectivity index is 2.41. The molecule has 2 aromatic carbocycles. The van der Waals surface area contributed by atoms with Gasteiger partial charge in [-0.2, -0.15) is 0 Å². The van der Waals surface area contributed by atoms with E-state index in [0.717, 1.165) is 5.01 Å². The molecule has 0 heterocycles. The van der Waals surface area contributed by atoms with Crippen LogP contribution in [0.25, 0.3) is 0 Å². The number of para-hydroxylation sites is 2. The molecule has 8 heteroatoms. The number of nitrogens with zero attached hydrogens (tertiary/aromatic N) is 2. The summed E-state index contributed by atoms with van der Waals surface area (Å²) < 4.78 is 5.18. The van der Waals surface area contributed by atoms with Crippen molar-refractivity contribution < 1.29 is 19.2 Å². The van der Waals surface area contributed by atoms with Gasteiger partial charge < -0.3 is 4.74 Å². The molecule has 0 unspecified atom stereocenters. The molecule has 0 spiro atoms. The molecule has 2 rings (SSSR count). The highest BCUT2D eigenvalue weighted by Crippen LogP contribution is 2.24. The van der Waals surface area contributed by atoms with Crippen molar-refractivity contribution in [3.05, 3.63) is 69.8 Å². The lowest BCUT2D eigenvalue weighted by molar-refractivity contribution is -0.385. The lowest BCUT2D eigenvalue weighted by atomic mass is 10.1. The first-order valence-corrected chi connectivity index (χ1v) is 8.18. The lowest BCUT2D eigenvalue weighted by Crippen LogP contribution is -2.56. The Morgan fingerprint density at radius 1 is 1.04 bits per heavy atom. The summed E-state index contributed by atoms with van der Waals surface area (Å²) in [6.07, 6.45) is 0. The number of methoxy groups -OCH3 is 1. The molecular weight excluding hydrogens is 350 g/mol. The third-order valence-electron chi connectivity index (χ3n) is 3.77. The van der Waals surface area contributed by atoms with E-state index in [-0.39, 0.29) is 16.8 Å². The predicted octanol–water partition coefficient (Wildman–Crippen LogP) is 3.19. The molecule has 0 aliphatic carbocycles. The summed E-state index contributed by atoms with van der Waals surface area (Å²) in [5.74, 6) is -0.894. The fourth-order valence-electron chi connectivity index (χ4n) is 2.45. The summed E-state index contributed by atoms with van der Waals surface area (Å²) >= 11 is 0. The normalized spacial score (nSPS) is 10.8. The standard InChI is InChI=1S/C19H21N3O5/c1-19(2,3)21(18(24)13-9-5-7-11-15(13)22(25)26)20-17(23)14-10-6-8-12-16(14)27-4/h5-12H,1-4H3,(H,20,23). The van der Waals surface area contributed by atoms with Crippen LogP contribution in [-0.2, 0) is 0 Å². The van der Waals surface area contributed by atoms with E-state index in [0.29, 0.717) is 5.75 Å². The van der Waals surface area contributed by atoms with Gasteiger partial charge in [-0.15, -0.1) is 0 Å². The molecular formula is C19H21N3O5. The van der Waals surface area contributed by atoms with Gasteiger partial charge in [-0.1, -0.05) is 24.3 Å². The fourth-order valence-corrected chi connectivity index (χ4v) is 2.45. The Labute approximate surface area is 156 Å². The molecule has 2 aromatic rings. The van der Waals surface area contributed by atoms with Crippen molar-refractivity contribution in [1.82, 2.24) is 10.4 Å². The third-order valence-corrected chi connectivity index (χ3v) is 3.77. The summed E-state index contributed by atoms with van der Waals surface area (Å²) in [4.78, 5) is 36.4. The van der Waals surface area contributed by atoms with Crippen molar-refractivity contribution in [2.75, 3.05) is 7.11 Å². The maximum Gasteiger partial charge on any atom is 0.282 e. The van der Waals surface area contributed by atoms with Gasteiger partial charge in [0.25, 0.3) is 17.5 Å². The minimum atomic E-state index is -0.835. The number of nitro benzene ring substituents is 1. The average molecular weight is 371 g/mol. The van der Waals surface area contributed by atoms with Gasteiger partial charge in [0.2, 0.25) is 0 Å². The summed E-state index contributed by atoms with van der Waals surface area (Å²) in [5.41, 5.74) is 1.52. The third kappa shape index (κ3) is 4.41.